The maximum atomic E-state index is 14.1. The number of alkyl halides is 3. The van der Waals surface area contributed by atoms with Gasteiger partial charge in [-0.05, 0) is 63.1 Å². The summed E-state index contributed by atoms with van der Waals surface area (Å²) in [6, 6.07) is 7.47. The molecule has 4 heterocycles. The number of amides is 1. The highest BCUT2D eigenvalue weighted by molar-refractivity contribution is 7.91. The summed E-state index contributed by atoms with van der Waals surface area (Å²) in [5.74, 6) is -0.793. The van der Waals surface area contributed by atoms with Gasteiger partial charge in [0, 0.05) is 55.8 Å². The minimum absolute atomic E-state index is 0.0291. The third-order valence-electron chi connectivity index (χ3n) is 8.45. The van der Waals surface area contributed by atoms with Crippen LogP contribution in [0.3, 0.4) is 0 Å². The molecule has 2 aromatic heterocycles. The molecule has 9 nitrogen and oxygen atoms in total. The number of hydrogen-bond acceptors (Lipinski definition) is 9. The van der Waals surface area contributed by atoms with Crippen molar-refractivity contribution in [2.24, 2.45) is 0 Å². The van der Waals surface area contributed by atoms with Crippen molar-refractivity contribution in [2.75, 3.05) is 49.2 Å². The molecule has 0 bridgehead atoms. The first-order valence-electron chi connectivity index (χ1n) is 14.3. The van der Waals surface area contributed by atoms with Gasteiger partial charge in [-0.3, -0.25) is 4.79 Å². The summed E-state index contributed by atoms with van der Waals surface area (Å²) < 4.78 is 68.5. The van der Waals surface area contributed by atoms with Crippen molar-refractivity contribution in [1.29, 1.82) is 0 Å². The molecule has 0 unspecified atom stereocenters. The number of carbonyl (C=O) groups excluding carboxylic acids is 1. The topological polar surface area (TPSA) is 98.7 Å². The van der Waals surface area contributed by atoms with Gasteiger partial charge in [0.25, 0.3) is 5.91 Å². The number of aryl methyl sites for hydroxylation is 1. The Morgan fingerprint density at radius 2 is 1.91 bits per heavy atom. The lowest BCUT2D eigenvalue weighted by molar-refractivity contribution is -0.137. The molecule has 43 heavy (non-hydrogen) atoms. The highest BCUT2D eigenvalue weighted by Gasteiger charge is 2.41. The van der Waals surface area contributed by atoms with E-state index in [9.17, 15) is 26.4 Å². The second-order valence-electron chi connectivity index (χ2n) is 11.4. The first-order valence-corrected chi connectivity index (χ1v) is 16.8. The third kappa shape index (κ3) is 5.84. The zero-order valence-electron chi connectivity index (χ0n) is 24.1. The Morgan fingerprint density at radius 3 is 2.58 bits per heavy atom. The number of nitrogens with zero attached hydrogens (tertiary/aromatic N) is 5. The quantitative estimate of drug-likeness (QED) is 0.402. The lowest BCUT2D eigenvalue weighted by Gasteiger charge is -2.39. The third-order valence-corrected chi connectivity index (χ3v) is 11.4. The number of hydrogen-bond donors (Lipinski definition) is 1. The van der Waals surface area contributed by atoms with Gasteiger partial charge in [0.2, 0.25) is 5.95 Å². The summed E-state index contributed by atoms with van der Waals surface area (Å²) in [6.07, 6.45) is -1.86. The summed E-state index contributed by atoms with van der Waals surface area (Å²) in [5.41, 5.74) is 1.12. The summed E-state index contributed by atoms with van der Waals surface area (Å²) in [6.45, 7) is 6.98. The van der Waals surface area contributed by atoms with Crippen LogP contribution in [0.5, 0.6) is 0 Å². The fraction of sp³-hybridized carbons (Fsp3) is 0.483. The molecular formula is C29H33F3N6O3S2. The average molecular weight is 635 g/mol. The number of sulfone groups is 1. The number of rotatable bonds is 6. The second kappa shape index (κ2) is 11.0. The molecule has 14 heteroatoms. The lowest BCUT2D eigenvalue weighted by Crippen LogP contribution is -2.50. The highest BCUT2D eigenvalue weighted by Crippen LogP contribution is 2.43. The summed E-state index contributed by atoms with van der Waals surface area (Å²) in [4.78, 5) is 27.3. The monoisotopic (exact) mass is 634 g/mol. The van der Waals surface area contributed by atoms with Crippen molar-refractivity contribution in [3.05, 3.63) is 46.5 Å². The average Bonchev–Trinajstić information content (AvgIpc) is 3.70. The number of fused-ring (bicyclic) bond motifs is 1. The van der Waals surface area contributed by atoms with Gasteiger partial charge in [0.1, 0.15) is 10.4 Å². The number of carbonyl (C=O) groups is 1. The van der Waals surface area contributed by atoms with Crippen LogP contribution in [0.4, 0.5) is 30.5 Å². The molecule has 6 rings (SSSR count). The second-order valence-corrected chi connectivity index (χ2v) is 14.5. The largest absolute Gasteiger partial charge is 0.420 e. The van der Waals surface area contributed by atoms with E-state index in [-0.39, 0.29) is 38.9 Å². The van der Waals surface area contributed by atoms with E-state index in [1.807, 2.05) is 19.1 Å². The first-order chi connectivity index (χ1) is 20.4. The minimum Gasteiger partial charge on any atom is -0.369 e. The Morgan fingerprint density at radius 1 is 1.14 bits per heavy atom. The SMILES string of the molecule is CCc1cc(N2CCN(C)[C@@H](C)C2)ccc1Nc1ncc(C(F)(F)F)c(-c2cc3c(s2)C(=O)N(C2CC2)CCS3(=O)=O)n1. The molecule has 1 amide bonds. The van der Waals surface area contributed by atoms with Crippen LogP contribution in [0, 0.1) is 0 Å². The van der Waals surface area contributed by atoms with E-state index in [1.54, 1.807) is 0 Å². The summed E-state index contributed by atoms with van der Waals surface area (Å²) >= 11 is 0.735. The van der Waals surface area contributed by atoms with Crippen LogP contribution >= 0.6 is 11.3 Å². The van der Waals surface area contributed by atoms with Gasteiger partial charge in [-0.2, -0.15) is 13.2 Å². The molecule has 1 saturated carbocycles. The van der Waals surface area contributed by atoms with Gasteiger partial charge < -0.3 is 20.0 Å². The van der Waals surface area contributed by atoms with Gasteiger partial charge in [-0.1, -0.05) is 6.92 Å². The number of anilines is 3. The Balaban J connectivity index is 1.35. The van der Waals surface area contributed by atoms with Crippen molar-refractivity contribution in [3.8, 4) is 10.6 Å². The van der Waals surface area contributed by atoms with E-state index < -0.39 is 33.2 Å². The Labute approximate surface area is 252 Å². The molecule has 3 aromatic rings. The highest BCUT2D eigenvalue weighted by atomic mass is 32.2. The van der Waals surface area contributed by atoms with Crippen LogP contribution in [0.25, 0.3) is 10.6 Å². The number of halogens is 3. The molecule has 2 aliphatic heterocycles. The maximum absolute atomic E-state index is 14.1. The van der Waals surface area contributed by atoms with Crippen molar-refractivity contribution < 1.29 is 26.4 Å². The van der Waals surface area contributed by atoms with Crippen LogP contribution in [-0.4, -0.2) is 85.2 Å². The van der Waals surface area contributed by atoms with Gasteiger partial charge in [-0.15, -0.1) is 11.3 Å². The fourth-order valence-corrected chi connectivity index (χ4v) is 8.52. The van der Waals surface area contributed by atoms with Crippen LogP contribution in [0.1, 0.15) is 47.5 Å². The maximum Gasteiger partial charge on any atom is 0.420 e. The van der Waals surface area contributed by atoms with Gasteiger partial charge in [0.05, 0.1) is 21.2 Å². The number of benzene rings is 1. The van der Waals surface area contributed by atoms with Gasteiger partial charge >= 0.3 is 6.18 Å². The van der Waals surface area contributed by atoms with E-state index in [1.165, 1.54) is 4.90 Å². The van der Waals surface area contributed by atoms with E-state index in [2.05, 4.69) is 45.1 Å². The Hall–Kier alpha value is -3.23. The van der Waals surface area contributed by atoms with E-state index >= 15 is 0 Å². The van der Waals surface area contributed by atoms with Crippen molar-refractivity contribution >= 4 is 44.4 Å². The van der Waals surface area contributed by atoms with Crippen LogP contribution < -0.4 is 10.2 Å². The normalized spacial score (nSPS) is 21.1. The van der Waals surface area contributed by atoms with Crippen LogP contribution in [-0.2, 0) is 22.4 Å². The van der Waals surface area contributed by atoms with Crippen molar-refractivity contribution in [3.63, 3.8) is 0 Å². The van der Waals surface area contributed by atoms with Crippen molar-refractivity contribution in [2.45, 2.75) is 56.3 Å². The number of likely N-dealkylation sites (N-methyl/N-ethyl adjacent to an activating group) is 1. The standard InChI is InChI=1S/C29H33F3N6O3S2/c1-4-18-13-20(37-10-9-36(3)17(2)16-37)7-8-22(18)34-28-33-15-21(29(30,31)32)25(35-28)23-14-24-26(42-23)27(39)38(19-5-6-19)11-12-43(24,40)41/h7-8,13-15,17,19H,4-6,9-12,16H2,1-3H3,(H,33,34,35)/t17-/m0/s1. The molecule has 0 spiro atoms. The Kier molecular flexibility index (Phi) is 7.66. The molecule has 3 aliphatic rings. The predicted octanol–water partition coefficient (Wildman–Crippen LogP) is 5.06. The zero-order valence-corrected chi connectivity index (χ0v) is 25.7. The van der Waals surface area contributed by atoms with Crippen LogP contribution in [0.15, 0.2) is 35.4 Å². The molecule has 230 valence electrons. The molecule has 1 aliphatic carbocycles. The van der Waals surface area contributed by atoms with E-state index in [4.69, 9.17) is 0 Å². The number of thiophene rings is 1. The smallest absolute Gasteiger partial charge is 0.369 e. The molecule has 1 aromatic carbocycles. The summed E-state index contributed by atoms with van der Waals surface area (Å²) in [5, 5.41) is 3.08. The van der Waals surface area contributed by atoms with E-state index in [0.717, 1.165) is 61.1 Å². The van der Waals surface area contributed by atoms with Crippen molar-refractivity contribution in [1.82, 2.24) is 19.8 Å². The molecule has 0 radical (unpaired) electrons. The zero-order chi connectivity index (χ0) is 30.7. The molecule has 1 atom stereocenters. The fourth-order valence-electron chi connectivity index (χ4n) is 5.60. The summed E-state index contributed by atoms with van der Waals surface area (Å²) in [7, 11) is -1.76. The molecule has 1 saturated heterocycles. The number of nitrogens with one attached hydrogen (secondary N) is 1. The lowest BCUT2D eigenvalue weighted by atomic mass is 10.1. The minimum atomic E-state index is -4.80. The predicted molar refractivity (Wildman–Crippen MR) is 160 cm³/mol. The molecule has 1 N–H and O–H groups in total. The number of piperazine rings is 1. The van der Waals surface area contributed by atoms with Crippen LogP contribution in [0.2, 0.25) is 0 Å². The van der Waals surface area contributed by atoms with Gasteiger partial charge in [0.15, 0.2) is 9.84 Å². The molecule has 2 fully saturated rings. The molecular weight excluding hydrogens is 601 g/mol. The Bertz CT molecular complexity index is 1670. The van der Waals surface area contributed by atoms with Gasteiger partial charge in [-0.25, -0.2) is 18.4 Å². The first kappa shape index (κ1) is 29.8. The van der Waals surface area contributed by atoms with E-state index in [0.29, 0.717) is 24.3 Å². The number of aromatic nitrogens is 2.